The summed E-state index contributed by atoms with van der Waals surface area (Å²) in [6.07, 6.45) is 7.50. The van der Waals surface area contributed by atoms with Crippen LogP contribution in [0, 0.1) is 6.92 Å². The van der Waals surface area contributed by atoms with Crippen LogP contribution < -0.4 is 0 Å². The zero-order chi connectivity index (χ0) is 13.8. The summed E-state index contributed by atoms with van der Waals surface area (Å²) in [7, 11) is 0. The van der Waals surface area contributed by atoms with E-state index >= 15 is 0 Å². The number of benzene rings is 1. The molecule has 1 aromatic heterocycles. The van der Waals surface area contributed by atoms with Gasteiger partial charge in [0.05, 0.1) is 0 Å². The molecule has 2 heteroatoms. The van der Waals surface area contributed by atoms with Crippen LogP contribution in [0.1, 0.15) is 35.6 Å². The van der Waals surface area contributed by atoms with Gasteiger partial charge in [0.1, 0.15) is 0 Å². The maximum atomic E-state index is 4.09. The highest BCUT2D eigenvalue weighted by Gasteiger charge is 2.26. The van der Waals surface area contributed by atoms with Crippen molar-refractivity contribution in [2.45, 2.75) is 32.2 Å². The molecule has 3 rings (SSSR count). The first-order valence-electron chi connectivity index (χ1n) is 7.53. The smallest absolute Gasteiger partial charge is 0.0351 e. The largest absolute Gasteiger partial charge is 0.296 e. The van der Waals surface area contributed by atoms with Crippen LogP contribution in [-0.2, 0) is 6.42 Å². The molecule has 0 spiro atoms. The van der Waals surface area contributed by atoms with E-state index in [9.17, 15) is 0 Å². The van der Waals surface area contributed by atoms with E-state index in [1.54, 1.807) is 0 Å². The van der Waals surface area contributed by atoms with Crippen molar-refractivity contribution in [2.75, 3.05) is 13.1 Å². The molecule has 2 heterocycles. The van der Waals surface area contributed by atoms with Gasteiger partial charge in [0.25, 0.3) is 0 Å². The standard InChI is InChI=1S/C18H22N2/c1-15-5-2-3-6-17(15)18-7-4-13-20(18)14-10-16-8-11-19-12-9-16/h2-3,5-6,8-9,11-12,18H,4,7,10,13-14H2,1H3/t18-/m0/s1. The molecule has 104 valence electrons. The van der Waals surface area contributed by atoms with Gasteiger partial charge >= 0.3 is 0 Å². The predicted octanol–water partition coefficient (Wildman–Crippen LogP) is 3.77. The molecule has 1 saturated heterocycles. The normalized spacial score (nSPS) is 19.4. The Kier molecular flexibility index (Phi) is 4.12. The molecule has 1 aliphatic rings. The van der Waals surface area contributed by atoms with Crippen LogP contribution in [0.2, 0.25) is 0 Å². The summed E-state index contributed by atoms with van der Waals surface area (Å²) < 4.78 is 0. The number of hydrogen-bond donors (Lipinski definition) is 0. The third kappa shape index (κ3) is 2.91. The van der Waals surface area contributed by atoms with Gasteiger partial charge in [0.15, 0.2) is 0 Å². The Morgan fingerprint density at radius 2 is 1.95 bits per heavy atom. The fourth-order valence-corrected chi connectivity index (χ4v) is 3.23. The van der Waals surface area contributed by atoms with Gasteiger partial charge in [-0.15, -0.1) is 0 Å². The Hall–Kier alpha value is -1.67. The van der Waals surface area contributed by atoms with Crippen LogP contribution in [0.4, 0.5) is 0 Å². The molecule has 20 heavy (non-hydrogen) atoms. The first kappa shape index (κ1) is 13.3. The molecule has 0 unspecified atom stereocenters. The maximum Gasteiger partial charge on any atom is 0.0351 e. The van der Waals surface area contributed by atoms with Crippen LogP contribution in [0.25, 0.3) is 0 Å². The van der Waals surface area contributed by atoms with Crippen LogP contribution >= 0.6 is 0 Å². The highest BCUT2D eigenvalue weighted by Crippen LogP contribution is 2.33. The molecular formula is C18H22N2. The van der Waals surface area contributed by atoms with Crippen LogP contribution in [0.15, 0.2) is 48.8 Å². The molecule has 1 fully saturated rings. The van der Waals surface area contributed by atoms with E-state index in [1.165, 1.54) is 36.1 Å². The minimum Gasteiger partial charge on any atom is -0.296 e. The topological polar surface area (TPSA) is 16.1 Å². The number of aryl methyl sites for hydroxylation is 1. The summed E-state index contributed by atoms with van der Waals surface area (Å²) >= 11 is 0. The molecule has 1 aromatic carbocycles. The summed E-state index contributed by atoms with van der Waals surface area (Å²) in [5.74, 6) is 0. The molecule has 0 radical (unpaired) electrons. The summed E-state index contributed by atoms with van der Waals surface area (Å²) in [4.78, 5) is 6.73. The van der Waals surface area contributed by atoms with Gasteiger partial charge in [-0.25, -0.2) is 0 Å². The van der Waals surface area contributed by atoms with Gasteiger partial charge in [-0.1, -0.05) is 24.3 Å². The second kappa shape index (κ2) is 6.19. The lowest BCUT2D eigenvalue weighted by atomic mass is 9.99. The van der Waals surface area contributed by atoms with Crippen LogP contribution in [0.3, 0.4) is 0 Å². The van der Waals surface area contributed by atoms with Crippen molar-refractivity contribution in [1.29, 1.82) is 0 Å². The van der Waals surface area contributed by atoms with E-state index in [2.05, 4.69) is 53.2 Å². The zero-order valence-electron chi connectivity index (χ0n) is 12.1. The first-order valence-corrected chi connectivity index (χ1v) is 7.53. The third-order valence-electron chi connectivity index (χ3n) is 4.35. The molecule has 1 atom stereocenters. The lowest BCUT2D eigenvalue weighted by molar-refractivity contribution is 0.260. The van der Waals surface area contributed by atoms with Gasteiger partial charge in [-0.2, -0.15) is 0 Å². The molecule has 0 aliphatic carbocycles. The lowest BCUT2D eigenvalue weighted by Gasteiger charge is -2.26. The Morgan fingerprint density at radius 3 is 2.75 bits per heavy atom. The zero-order valence-corrected chi connectivity index (χ0v) is 12.1. The first-order chi connectivity index (χ1) is 9.84. The van der Waals surface area contributed by atoms with Crippen molar-refractivity contribution in [3.8, 4) is 0 Å². The maximum absolute atomic E-state index is 4.09. The average molecular weight is 266 g/mol. The highest BCUT2D eigenvalue weighted by atomic mass is 15.2. The van der Waals surface area contributed by atoms with Crippen LogP contribution in [-0.4, -0.2) is 23.0 Å². The lowest BCUT2D eigenvalue weighted by Crippen LogP contribution is -2.26. The Bertz CT molecular complexity index is 550. The number of nitrogens with zero attached hydrogens (tertiary/aromatic N) is 2. The molecule has 0 bridgehead atoms. The van der Waals surface area contributed by atoms with Crippen molar-refractivity contribution in [1.82, 2.24) is 9.88 Å². The van der Waals surface area contributed by atoms with Gasteiger partial charge in [0, 0.05) is 25.0 Å². The second-order valence-corrected chi connectivity index (χ2v) is 5.66. The number of rotatable bonds is 4. The summed E-state index contributed by atoms with van der Waals surface area (Å²) in [6, 6.07) is 13.7. The van der Waals surface area contributed by atoms with Crippen molar-refractivity contribution in [3.63, 3.8) is 0 Å². The van der Waals surface area contributed by atoms with E-state index in [1.807, 2.05) is 12.4 Å². The fraction of sp³-hybridized carbons (Fsp3) is 0.389. The highest BCUT2D eigenvalue weighted by molar-refractivity contribution is 5.29. The number of hydrogen-bond acceptors (Lipinski definition) is 2. The van der Waals surface area contributed by atoms with E-state index in [0.29, 0.717) is 6.04 Å². The van der Waals surface area contributed by atoms with E-state index in [4.69, 9.17) is 0 Å². The Balaban J connectivity index is 1.69. The van der Waals surface area contributed by atoms with Crippen molar-refractivity contribution < 1.29 is 0 Å². The molecule has 0 N–H and O–H groups in total. The van der Waals surface area contributed by atoms with Crippen LogP contribution in [0.5, 0.6) is 0 Å². The van der Waals surface area contributed by atoms with Gasteiger partial charge in [0.2, 0.25) is 0 Å². The van der Waals surface area contributed by atoms with Crippen molar-refractivity contribution in [3.05, 3.63) is 65.5 Å². The van der Waals surface area contributed by atoms with Gasteiger partial charge in [-0.3, -0.25) is 9.88 Å². The van der Waals surface area contributed by atoms with E-state index < -0.39 is 0 Å². The predicted molar refractivity (Wildman–Crippen MR) is 82.7 cm³/mol. The third-order valence-corrected chi connectivity index (χ3v) is 4.35. The molecule has 0 amide bonds. The Labute approximate surface area is 121 Å². The quantitative estimate of drug-likeness (QED) is 0.837. The average Bonchev–Trinajstić information content (AvgIpc) is 2.95. The fourth-order valence-electron chi connectivity index (χ4n) is 3.23. The minimum absolute atomic E-state index is 0.609. The molecular weight excluding hydrogens is 244 g/mol. The van der Waals surface area contributed by atoms with Gasteiger partial charge < -0.3 is 0 Å². The molecule has 2 aromatic rings. The minimum atomic E-state index is 0.609. The van der Waals surface area contributed by atoms with E-state index in [0.717, 1.165) is 13.0 Å². The molecule has 2 nitrogen and oxygen atoms in total. The summed E-state index contributed by atoms with van der Waals surface area (Å²) in [5.41, 5.74) is 4.32. The monoisotopic (exact) mass is 266 g/mol. The molecule has 1 aliphatic heterocycles. The number of pyridine rings is 1. The number of likely N-dealkylation sites (tertiary alicyclic amines) is 1. The summed E-state index contributed by atoms with van der Waals surface area (Å²) in [6.45, 7) is 4.60. The number of aromatic nitrogens is 1. The van der Waals surface area contributed by atoms with Crippen molar-refractivity contribution in [2.24, 2.45) is 0 Å². The SMILES string of the molecule is Cc1ccccc1[C@@H]1CCCN1CCc1ccncc1. The summed E-state index contributed by atoms with van der Waals surface area (Å²) in [5, 5.41) is 0. The van der Waals surface area contributed by atoms with Gasteiger partial charge in [-0.05, 0) is 61.6 Å². The molecule has 0 saturated carbocycles. The van der Waals surface area contributed by atoms with Crippen molar-refractivity contribution >= 4 is 0 Å². The Morgan fingerprint density at radius 1 is 1.15 bits per heavy atom. The second-order valence-electron chi connectivity index (χ2n) is 5.66. The van der Waals surface area contributed by atoms with E-state index in [-0.39, 0.29) is 0 Å².